The van der Waals surface area contributed by atoms with Crippen molar-refractivity contribution < 1.29 is 9.53 Å². The molecule has 0 bridgehead atoms. The predicted octanol–water partition coefficient (Wildman–Crippen LogP) is 5.27. The van der Waals surface area contributed by atoms with Crippen LogP contribution in [0.5, 0.6) is 0 Å². The van der Waals surface area contributed by atoms with Crippen molar-refractivity contribution in [2.45, 2.75) is 51.3 Å². The van der Waals surface area contributed by atoms with Crippen molar-refractivity contribution in [2.75, 3.05) is 38.7 Å². The first-order valence-corrected chi connectivity index (χ1v) is 16.8. The lowest BCUT2D eigenvalue weighted by atomic mass is 10.0. The fraction of sp³-hybridized carbons (Fsp3) is 0.500. The van der Waals surface area contributed by atoms with Crippen LogP contribution in [0.1, 0.15) is 29.0 Å². The minimum atomic E-state index is -1.20. The fourth-order valence-electron chi connectivity index (χ4n) is 4.47. The molecule has 1 aliphatic heterocycles. The highest BCUT2D eigenvalue weighted by Gasteiger charge is 2.24. The number of ketones is 1. The summed E-state index contributed by atoms with van der Waals surface area (Å²) in [7, 11) is 3.11. The minimum Gasteiger partial charge on any atom is -0.371 e. The summed E-state index contributed by atoms with van der Waals surface area (Å²) >= 11 is 3.37. The molecule has 35 heavy (non-hydrogen) atoms. The van der Waals surface area contributed by atoms with E-state index in [0.29, 0.717) is 35.4 Å². The van der Waals surface area contributed by atoms with Gasteiger partial charge in [-0.05, 0) is 79.2 Å². The molecule has 1 fully saturated rings. The van der Waals surface area contributed by atoms with Gasteiger partial charge in [-0.2, -0.15) is 0 Å². The van der Waals surface area contributed by atoms with Crippen molar-refractivity contribution in [3.8, 4) is 0 Å². The zero-order valence-electron chi connectivity index (χ0n) is 21.4. The van der Waals surface area contributed by atoms with Crippen molar-refractivity contribution in [1.29, 1.82) is 0 Å². The van der Waals surface area contributed by atoms with Crippen LogP contribution in [0.25, 0.3) is 11.0 Å². The van der Waals surface area contributed by atoms with E-state index in [1.54, 1.807) is 18.3 Å². The summed E-state index contributed by atoms with van der Waals surface area (Å²) in [5.74, 6) is 0.265. The van der Waals surface area contributed by atoms with Gasteiger partial charge in [-0.3, -0.25) is 9.36 Å². The summed E-state index contributed by atoms with van der Waals surface area (Å²) < 4.78 is 8.60. The number of rotatable bonds is 9. The Hall–Kier alpha value is -2.07. The number of pyridine rings is 1. The number of halogens is 1. The van der Waals surface area contributed by atoms with Crippen LogP contribution in [0, 0.1) is 0 Å². The zero-order valence-corrected chi connectivity index (χ0v) is 24.0. The number of hydrogen-bond acceptors (Lipinski definition) is 6. The van der Waals surface area contributed by atoms with E-state index in [1.807, 2.05) is 4.57 Å². The van der Waals surface area contributed by atoms with Crippen molar-refractivity contribution in [2.24, 2.45) is 0 Å². The maximum absolute atomic E-state index is 13.5. The van der Waals surface area contributed by atoms with E-state index in [0.717, 1.165) is 48.7 Å². The third-order valence-electron chi connectivity index (χ3n) is 6.70. The van der Waals surface area contributed by atoms with Crippen LogP contribution >= 0.6 is 15.9 Å². The molecule has 1 aromatic carbocycles. The Kier molecular flexibility index (Phi) is 8.10. The Bertz CT molecular complexity index is 1180. The molecule has 188 valence electrons. The number of carbonyl (C=O) groups is 1. The summed E-state index contributed by atoms with van der Waals surface area (Å²) in [5, 5.41) is 0. The lowest BCUT2D eigenvalue weighted by Crippen LogP contribution is -2.41. The Labute approximate surface area is 217 Å². The van der Waals surface area contributed by atoms with E-state index in [4.69, 9.17) is 9.72 Å². The number of ether oxygens (including phenoxy) is 1. The Morgan fingerprint density at radius 3 is 2.57 bits per heavy atom. The van der Waals surface area contributed by atoms with E-state index in [2.05, 4.69) is 82.6 Å². The summed E-state index contributed by atoms with van der Waals surface area (Å²) in [6.45, 7) is 10.0. The van der Waals surface area contributed by atoms with Crippen LogP contribution in [0.2, 0.25) is 25.7 Å². The van der Waals surface area contributed by atoms with Crippen molar-refractivity contribution in [3.63, 3.8) is 0 Å². The highest BCUT2D eigenvalue weighted by Crippen LogP contribution is 2.27. The van der Waals surface area contributed by atoms with Gasteiger partial charge in [0.25, 0.3) is 0 Å². The third-order valence-corrected chi connectivity index (χ3v) is 8.84. The normalized spacial score (nSPS) is 15.3. The summed E-state index contributed by atoms with van der Waals surface area (Å²) in [6, 6.07) is 11.5. The molecular formula is C26H36BrN5O2Si. The molecule has 4 rings (SSSR count). The summed E-state index contributed by atoms with van der Waals surface area (Å²) in [6.07, 6.45) is 3.92. The molecule has 3 heterocycles. The van der Waals surface area contributed by atoms with Crippen LogP contribution in [0.15, 0.2) is 41.1 Å². The number of carbonyl (C=O) groups excluding carboxylic acids is 1. The largest absolute Gasteiger partial charge is 0.371 e. The number of hydrogen-bond donors (Lipinski definition) is 0. The smallest absolute Gasteiger partial charge is 0.228 e. The van der Waals surface area contributed by atoms with Crippen LogP contribution in [0.3, 0.4) is 0 Å². The van der Waals surface area contributed by atoms with Gasteiger partial charge in [0.15, 0.2) is 5.82 Å². The van der Waals surface area contributed by atoms with Gasteiger partial charge in [-0.1, -0.05) is 19.6 Å². The number of fused-ring (bicyclic) bond motifs is 1. The summed E-state index contributed by atoms with van der Waals surface area (Å²) in [5.41, 5.74) is 3.45. The average molecular weight is 559 g/mol. The van der Waals surface area contributed by atoms with Gasteiger partial charge in [0.05, 0.1) is 11.0 Å². The third kappa shape index (κ3) is 6.38. The van der Waals surface area contributed by atoms with Crippen LogP contribution in [-0.2, 0) is 11.5 Å². The molecule has 0 radical (unpaired) electrons. The molecule has 9 heteroatoms. The first-order chi connectivity index (χ1) is 16.6. The lowest BCUT2D eigenvalue weighted by Gasteiger charge is -2.36. The van der Waals surface area contributed by atoms with Crippen LogP contribution < -0.4 is 4.90 Å². The fourth-order valence-corrected chi connectivity index (χ4v) is 5.59. The molecule has 0 saturated carbocycles. The maximum atomic E-state index is 13.5. The second kappa shape index (κ2) is 10.9. The predicted molar refractivity (Wildman–Crippen MR) is 148 cm³/mol. The van der Waals surface area contributed by atoms with E-state index in [9.17, 15) is 4.79 Å². The second-order valence-electron chi connectivity index (χ2n) is 10.8. The highest BCUT2D eigenvalue weighted by molar-refractivity contribution is 9.10. The van der Waals surface area contributed by atoms with Gasteiger partial charge >= 0.3 is 0 Å². The minimum absolute atomic E-state index is 0.133. The van der Waals surface area contributed by atoms with E-state index >= 15 is 0 Å². The number of aromatic nitrogens is 3. The van der Waals surface area contributed by atoms with Crippen molar-refractivity contribution in [3.05, 3.63) is 52.5 Å². The number of benzene rings is 1. The molecule has 0 spiro atoms. The average Bonchev–Trinajstić information content (AvgIpc) is 3.18. The van der Waals surface area contributed by atoms with Crippen LogP contribution in [-0.4, -0.2) is 73.1 Å². The number of anilines is 1. The molecule has 0 aliphatic carbocycles. The first kappa shape index (κ1) is 26.0. The second-order valence-corrected chi connectivity index (χ2v) is 17.2. The molecule has 0 amide bonds. The van der Waals surface area contributed by atoms with Gasteiger partial charge in [-0.15, -0.1) is 0 Å². The monoisotopic (exact) mass is 557 g/mol. The van der Waals surface area contributed by atoms with Crippen LogP contribution in [0.4, 0.5) is 5.69 Å². The number of nitrogens with zero attached hydrogens (tertiary/aromatic N) is 5. The van der Waals surface area contributed by atoms with Gasteiger partial charge < -0.3 is 14.5 Å². The van der Waals surface area contributed by atoms with E-state index in [-0.39, 0.29) is 5.78 Å². The molecule has 0 unspecified atom stereocenters. The Balaban J connectivity index is 1.63. The van der Waals surface area contributed by atoms with E-state index < -0.39 is 8.07 Å². The topological polar surface area (TPSA) is 63.5 Å². The van der Waals surface area contributed by atoms with Crippen molar-refractivity contribution >= 4 is 46.5 Å². The van der Waals surface area contributed by atoms with E-state index in [1.165, 1.54) is 0 Å². The lowest BCUT2D eigenvalue weighted by molar-refractivity contribution is 0.0834. The molecular weight excluding hydrogens is 522 g/mol. The molecule has 1 saturated heterocycles. The standard InChI is InChI=1S/C26H36BrN5O2Si/c1-30(2)20-9-12-31(13-10-20)21-6-7-23-22(17-21)29-26(25(33)19-8-11-28-24(27)16-19)32(23)18-34-14-15-35(3,4)5/h6-8,11,16-17,20H,9-10,12-15,18H2,1-5H3. The molecule has 3 aromatic rings. The Morgan fingerprint density at radius 1 is 1.17 bits per heavy atom. The first-order valence-electron chi connectivity index (χ1n) is 12.3. The molecule has 0 atom stereocenters. The quantitative estimate of drug-likeness (QED) is 0.154. The summed E-state index contributed by atoms with van der Waals surface area (Å²) in [4.78, 5) is 27.2. The zero-order chi connectivity index (χ0) is 25.2. The SMILES string of the molecule is CN(C)C1CCN(c2ccc3c(c2)nc(C(=O)c2ccnc(Br)c2)n3COCC[Si](C)(C)C)CC1. The molecule has 0 N–H and O–H groups in total. The number of piperidine rings is 1. The molecule has 1 aliphatic rings. The highest BCUT2D eigenvalue weighted by atomic mass is 79.9. The molecule has 7 nitrogen and oxygen atoms in total. The van der Waals surface area contributed by atoms with Gasteiger partial charge in [-0.25, -0.2) is 9.97 Å². The Morgan fingerprint density at radius 2 is 1.91 bits per heavy atom. The number of imidazole rings is 1. The van der Waals surface area contributed by atoms with Gasteiger partial charge in [0, 0.05) is 51.3 Å². The van der Waals surface area contributed by atoms with Crippen molar-refractivity contribution in [1.82, 2.24) is 19.4 Å². The van der Waals surface area contributed by atoms with Gasteiger partial charge in [0.1, 0.15) is 11.3 Å². The molecule has 2 aromatic heterocycles. The maximum Gasteiger partial charge on any atom is 0.228 e. The van der Waals surface area contributed by atoms with Gasteiger partial charge in [0.2, 0.25) is 5.78 Å².